The molecular weight excluding hydrogens is 306 g/mol. The van der Waals surface area contributed by atoms with E-state index >= 15 is 0 Å². The number of aryl methyl sites for hydroxylation is 2. The van der Waals surface area contributed by atoms with Gasteiger partial charge in [-0.15, -0.1) is 10.2 Å². The molecule has 8 heteroatoms. The zero-order chi connectivity index (χ0) is 16.7. The van der Waals surface area contributed by atoms with Crippen LogP contribution in [0.4, 0.5) is 5.69 Å². The second kappa shape index (κ2) is 5.70. The fourth-order valence-electron chi connectivity index (χ4n) is 2.90. The molecule has 0 unspecified atom stereocenters. The Labute approximate surface area is 138 Å². The SMILES string of the molecule is Cc1cc(C)n(CCNc2cc(C3CC3)nn3cnnc23)c(=O)n1. The lowest BCUT2D eigenvalue weighted by molar-refractivity contribution is 0.647. The van der Waals surface area contributed by atoms with Gasteiger partial charge < -0.3 is 5.32 Å². The summed E-state index contributed by atoms with van der Waals surface area (Å²) in [4.78, 5) is 16.0. The van der Waals surface area contributed by atoms with Crippen molar-refractivity contribution >= 4 is 11.3 Å². The normalized spacial score (nSPS) is 14.2. The van der Waals surface area contributed by atoms with Crippen molar-refractivity contribution in [1.82, 2.24) is 29.4 Å². The van der Waals surface area contributed by atoms with Crippen molar-refractivity contribution in [2.45, 2.75) is 39.2 Å². The van der Waals surface area contributed by atoms with E-state index in [1.807, 2.05) is 26.0 Å². The van der Waals surface area contributed by atoms with E-state index in [-0.39, 0.29) is 5.69 Å². The maximum absolute atomic E-state index is 12.0. The summed E-state index contributed by atoms with van der Waals surface area (Å²) in [6, 6.07) is 3.96. The van der Waals surface area contributed by atoms with E-state index in [0.29, 0.717) is 24.7 Å². The van der Waals surface area contributed by atoms with E-state index < -0.39 is 0 Å². The molecule has 124 valence electrons. The van der Waals surface area contributed by atoms with Gasteiger partial charge in [-0.05, 0) is 38.8 Å². The molecule has 0 atom stereocenters. The van der Waals surface area contributed by atoms with Crippen molar-refractivity contribution in [3.8, 4) is 0 Å². The van der Waals surface area contributed by atoms with Gasteiger partial charge in [0.15, 0.2) is 0 Å². The molecule has 1 aliphatic rings. The number of anilines is 1. The summed E-state index contributed by atoms with van der Waals surface area (Å²) in [5.41, 5.74) is 4.11. The van der Waals surface area contributed by atoms with Crippen molar-refractivity contribution < 1.29 is 0 Å². The van der Waals surface area contributed by atoms with Crippen LogP contribution in [-0.2, 0) is 6.54 Å². The second-order valence-electron chi connectivity index (χ2n) is 6.26. The Hall–Kier alpha value is -2.77. The Morgan fingerprint density at radius 1 is 1.29 bits per heavy atom. The quantitative estimate of drug-likeness (QED) is 0.760. The number of hydrogen-bond acceptors (Lipinski definition) is 6. The molecule has 8 nitrogen and oxygen atoms in total. The minimum atomic E-state index is -0.213. The van der Waals surface area contributed by atoms with E-state index in [9.17, 15) is 4.79 Å². The first-order valence-corrected chi connectivity index (χ1v) is 8.12. The van der Waals surface area contributed by atoms with Gasteiger partial charge in [0.1, 0.15) is 6.33 Å². The van der Waals surface area contributed by atoms with E-state index in [0.717, 1.165) is 22.8 Å². The van der Waals surface area contributed by atoms with Crippen molar-refractivity contribution in [3.63, 3.8) is 0 Å². The predicted octanol–water partition coefficient (Wildman–Crippen LogP) is 1.29. The number of nitrogens with one attached hydrogen (secondary N) is 1. The Kier molecular flexibility index (Phi) is 3.51. The maximum Gasteiger partial charge on any atom is 0.348 e. The molecule has 3 aromatic rings. The highest BCUT2D eigenvalue weighted by molar-refractivity contribution is 5.66. The minimum Gasteiger partial charge on any atom is -0.380 e. The standard InChI is InChI=1S/C16H19N7O/c1-10-7-11(2)22(16(24)19-10)6-5-17-14-8-13(12-3-4-12)21-23-9-18-20-15(14)23/h7-9,12,17H,3-6H2,1-2H3. The number of aromatic nitrogens is 6. The summed E-state index contributed by atoms with van der Waals surface area (Å²) in [5, 5.41) is 16.0. The molecule has 4 rings (SSSR count). The molecule has 0 saturated heterocycles. The van der Waals surface area contributed by atoms with Crippen molar-refractivity contribution in [3.05, 3.63) is 46.0 Å². The molecule has 0 aromatic carbocycles. The van der Waals surface area contributed by atoms with Gasteiger partial charge in [-0.1, -0.05) is 0 Å². The Morgan fingerprint density at radius 3 is 2.88 bits per heavy atom. The van der Waals surface area contributed by atoms with Gasteiger partial charge in [0.05, 0.1) is 11.4 Å². The first kappa shape index (κ1) is 14.8. The lowest BCUT2D eigenvalue weighted by Crippen LogP contribution is -2.28. The summed E-state index contributed by atoms with van der Waals surface area (Å²) in [6.45, 7) is 4.89. The van der Waals surface area contributed by atoms with Crippen LogP contribution in [0.5, 0.6) is 0 Å². The first-order chi connectivity index (χ1) is 11.6. The lowest BCUT2D eigenvalue weighted by atomic mass is 10.2. The summed E-state index contributed by atoms with van der Waals surface area (Å²) in [5.74, 6) is 0.545. The van der Waals surface area contributed by atoms with Crippen molar-refractivity contribution in [1.29, 1.82) is 0 Å². The van der Waals surface area contributed by atoms with E-state index in [2.05, 4.69) is 25.6 Å². The van der Waals surface area contributed by atoms with Crippen LogP contribution in [0.15, 0.2) is 23.3 Å². The third kappa shape index (κ3) is 2.75. The van der Waals surface area contributed by atoms with E-state index in [1.165, 1.54) is 12.8 Å². The van der Waals surface area contributed by atoms with Crippen LogP contribution in [0.2, 0.25) is 0 Å². The molecule has 0 aliphatic heterocycles. The van der Waals surface area contributed by atoms with Crippen LogP contribution in [0.3, 0.4) is 0 Å². The van der Waals surface area contributed by atoms with Crippen LogP contribution < -0.4 is 11.0 Å². The van der Waals surface area contributed by atoms with Crippen molar-refractivity contribution in [2.75, 3.05) is 11.9 Å². The highest BCUT2D eigenvalue weighted by Crippen LogP contribution is 2.39. The number of fused-ring (bicyclic) bond motifs is 1. The average molecular weight is 325 g/mol. The third-order valence-electron chi connectivity index (χ3n) is 4.28. The molecule has 1 fully saturated rings. The maximum atomic E-state index is 12.0. The average Bonchev–Trinajstić information content (AvgIpc) is 3.27. The molecule has 3 aromatic heterocycles. The van der Waals surface area contributed by atoms with Gasteiger partial charge in [0.2, 0.25) is 5.65 Å². The number of hydrogen-bond donors (Lipinski definition) is 1. The van der Waals surface area contributed by atoms with Crippen LogP contribution in [-0.4, -0.2) is 35.9 Å². The number of rotatable bonds is 5. The Morgan fingerprint density at radius 2 is 2.12 bits per heavy atom. The van der Waals surface area contributed by atoms with Gasteiger partial charge in [-0.25, -0.2) is 4.79 Å². The molecule has 0 spiro atoms. The lowest BCUT2D eigenvalue weighted by Gasteiger charge is -2.12. The van der Waals surface area contributed by atoms with Gasteiger partial charge in [0, 0.05) is 30.4 Å². The van der Waals surface area contributed by atoms with Gasteiger partial charge in [0.25, 0.3) is 0 Å². The topological polar surface area (TPSA) is 90.0 Å². The summed E-state index contributed by atoms with van der Waals surface area (Å²) >= 11 is 0. The second-order valence-corrected chi connectivity index (χ2v) is 6.26. The van der Waals surface area contributed by atoms with Crippen molar-refractivity contribution in [2.24, 2.45) is 0 Å². The molecule has 1 saturated carbocycles. The minimum absolute atomic E-state index is 0.213. The fourth-order valence-corrected chi connectivity index (χ4v) is 2.90. The van der Waals surface area contributed by atoms with Crippen LogP contribution in [0, 0.1) is 13.8 Å². The zero-order valence-electron chi connectivity index (χ0n) is 13.7. The van der Waals surface area contributed by atoms with Crippen LogP contribution >= 0.6 is 0 Å². The van der Waals surface area contributed by atoms with Gasteiger partial charge in [-0.2, -0.15) is 14.6 Å². The van der Waals surface area contributed by atoms with Crippen LogP contribution in [0.1, 0.15) is 35.8 Å². The zero-order valence-corrected chi connectivity index (χ0v) is 13.7. The first-order valence-electron chi connectivity index (χ1n) is 8.12. The molecule has 0 amide bonds. The molecule has 0 radical (unpaired) electrons. The molecule has 0 bridgehead atoms. The molecule has 3 heterocycles. The third-order valence-corrected chi connectivity index (χ3v) is 4.28. The Bertz CT molecular complexity index is 955. The molecule has 1 aliphatic carbocycles. The summed E-state index contributed by atoms with van der Waals surface area (Å²) in [7, 11) is 0. The van der Waals surface area contributed by atoms with E-state index in [4.69, 9.17) is 0 Å². The molecule has 24 heavy (non-hydrogen) atoms. The molecular formula is C16H19N7O. The summed E-state index contributed by atoms with van der Waals surface area (Å²) in [6.07, 6.45) is 3.98. The summed E-state index contributed by atoms with van der Waals surface area (Å²) < 4.78 is 3.38. The van der Waals surface area contributed by atoms with Crippen LogP contribution in [0.25, 0.3) is 5.65 Å². The predicted molar refractivity (Wildman–Crippen MR) is 89.2 cm³/mol. The largest absolute Gasteiger partial charge is 0.380 e. The van der Waals surface area contributed by atoms with Gasteiger partial charge >= 0.3 is 5.69 Å². The highest BCUT2D eigenvalue weighted by atomic mass is 16.1. The smallest absolute Gasteiger partial charge is 0.348 e. The van der Waals surface area contributed by atoms with E-state index in [1.54, 1.807) is 15.4 Å². The Balaban J connectivity index is 1.55. The molecule has 1 N–H and O–H groups in total. The fraction of sp³-hybridized carbons (Fsp3) is 0.438. The highest BCUT2D eigenvalue weighted by Gasteiger charge is 2.26. The van der Waals surface area contributed by atoms with Gasteiger partial charge in [-0.3, -0.25) is 4.57 Å². The monoisotopic (exact) mass is 325 g/mol. The number of nitrogens with zero attached hydrogens (tertiary/aromatic N) is 6.